The van der Waals surface area contributed by atoms with Crippen LogP contribution < -0.4 is 16.0 Å². The highest BCUT2D eigenvalue weighted by Gasteiger charge is 2.28. The SMILES string of the molecule is CCNC(=NCc1nc(C(C)(C)C)cs1)NCCNC(=O)C1CC1. The van der Waals surface area contributed by atoms with Gasteiger partial charge in [-0.2, -0.15) is 0 Å². The first-order valence-corrected chi connectivity index (χ1v) is 9.53. The maximum atomic E-state index is 11.6. The topological polar surface area (TPSA) is 78.4 Å². The zero-order valence-electron chi connectivity index (χ0n) is 15.1. The van der Waals surface area contributed by atoms with E-state index in [-0.39, 0.29) is 17.2 Å². The fourth-order valence-electron chi connectivity index (χ4n) is 2.07. The van der Waals surface area contributed by atoms with Crippen LogP contribution in [0.25, 0.3) is 0 Å². The van der Waals surface area contributed by atoms with Crippen molar-refractivity contribution in [3.8, 4) is 0 Å². The van der Waals surface area contributed by atoms with E-state index in [1.54, 1.807) is 11.3 Å². The second-order valence-electron chi connectivity index (χ2n) is 7.06. The van der Waals surface area contributed by atoms with Crippen LogP contribution in [0.2, 0.25) is 0 Å². The number of nitrogens with one attached hydrogen (secondary N) is 3. The number of guanidine groups is 1. The standard InChI is InChI=1S/C17H29N5OS/c1-5-18-16(20-9-8-19-15(23)12-6-7-12)21-10-14-22-13(11-24-14)17(2,3)4/h11-12H,5-10H2,1-4H3,(H,19,23)(H2,18,20,21). The molecule has 1 aliphatic rings. The molecule has 1 aromatic heterocycles. The van der Waals surface area contributed by atoms with Crippen molar-refractivity contribution in [3.05, 3.63) is 16.1 Å². The normalized spacial score (nSPS) is 15.2. The molecule has 0 aromatic carbocycles. The minimum atomic E-state index is 0.0704. The number of thiazole rings is 1. The van der Waals surface area contributed by atoms with Crippen LogP contribution in [0.1, 0.15) is 51.2 Å². The van der Waals surface area contributed by atoms with Crippen LogP contribution in [0.5, 0.6) is 0 Å². The summed E-state index contributed by atoms with van der Waals surface area (Å²) in [5.74, 6) is 1.19. The van der Waals surface area contributed by atoms with E-state index in [1.807, 2.05) is 6.92 Å². The Labute approximate surface area is 148 Å². The van der Waals surface area contributed by atoms with Crippen LogP contribution in [-0.2, 0) is 16.8 Å². The number of carbonyl (C=O) groups excluding carboxylic acids is 1. The summed E-state index contributed by atoms with van der Waals surface area (Å²) in [6.45, 7) is 11.2. The number of aliphatic imine (C=N–C) groups is 1. The molecule has 0 atom stereocenters. The maximum Gasteiger partial charge on any atom is 0.223 e. The van der Waals surface area contributed by atoms with Gasteiger partial charge in [-0.1, -0.05) is 20.8 Å². The Morgan fingerprint density at radius 2 is 2.00 bits per heavy atom. The number of aromatic nitrogens is 1. The molecule has 1 heterocycles. The third kappa shape index (κ3) is 6.11. The van der Waals surface area contributed by atoms with Gasteiger partial charge < -0.3 is 16.0 Å². The Balaban J connectivity index is 1.78. The molecule has 1 saturated carbocycles. The lowest BCUT2D eigenvalue weighted by molar-refractivity contribution is -0.122. The van der Waals surface area contributed by atoms with Gasteiger partial charge in [-0.15, -0.1) is 11.3 Å². The summed E-state index contributed by atoms with van der Waals surface area (Å²) in [5, 5.41) is 12.5. The molecule has 0 aliphatic heterocycles. The van der Waals surface area contributed by atoms with E-state index in [9.17, 15) is 4.79 Å². The smallest absolute Gasteiger partial charge is 0.223 e. The molecule has 24 heavy (non-hydrogen) atoms. The summed E-state index contributed by atoms with van der Waals surface area (Å²) in [6, 6.07) is 0. The lowest BCUT2D eigenvalue weighted by Gasteiger charge is -2.14. The number of carbonyl (C=O) groups is 1. The third-order valence-corrected chi connectivity index (χ3v) is 4.54. The van der Waals surface area contributed by atoms with E-state index >= 15 is 0 Å². The van der Waals surface area contributed by atoms with E-state index in [2.05, 4.69) is 52.1 Å². The molecule has 0 saturated heterocycles. The van der Waals surface area contributed by atoms with Crippen molar-refractivity contribution < 1.29 is 4.79 Å². The van der Waals surface area contributed by atoms with Crippen LogP contribution in [-0.4, -0.2) is 36.5 Å². The zero-order chi connectivity index (χ0) is 17.6. The highest BCUT2D eigenvalue weighted by molar-refractivity contribution is 7.09. The van der Waals surface area contributed by atoms with Crippen LogP contribution >= 0.6 is 11.3 Å². The van der Waals surface area contributed by atoms with Gasteiger partial charge in [0.2, 0.25) is 5.91 Å². The van der Waals surface area contributed by atoms with E-state index < -0.39 is 0 Å². The highest BCUT2D eigenvalue weighted by atomic mass is 32.1. The van der Waals surface area contributed by atoms with Crippen molar-refractivity contribution in [3.63, 3.8) is 0 Å². The molecule has 2 rings (SSSR count). The summed E-state index contributed by atoms with van der Waals surface area (Å²) in [5.41, 5.74) is 1.18. The number of nitrogens with zero attached hydrogens (tertiary/aromatic N) is 2. The molecule has 0 unspecified atom stereocenters. The quantitative estimate of drug-likeness (QED) is 0.399. The van der Waals surface area contributed by atoms with Crippen molar-refractivity contribution in [2.45, 2.75) is 52.5 Å². The van der Waals surface area contributed by atoms with Gasteiger partial charge in [-0.25, -0.2) is 9.98 Å². The van der Waals surface area contributed by atoms with Crippen molar-refractivity contribution in [1.29, 1.82) is 0 Å². The Bertz CT molecular complexity index is 572. The molecule has 0 bridgehead atoms. The fraction of sp³-hybridized carbons (Fsp3) is 0.706. The monoisotopic (exact) mass is 351 g/mol. The first-order valence-electron chi connectivity index (χ1n) is 8.65. The van der Waals surface area contributed by atoms with Gasteiger partial charge in [-0.3, -0.25) is 4.79 Å². The van der Waals surface area contributed by atoms with Crippen LogP contribution in [0, 0.1) is 5.92 Å². The summed E-state index contributed by atoms with van der Waals surface area (Å²) in [6.07, 6.45) is 2.07. The number of hydrogen-bond acceptors (Lipinski definition) is 4. The third-order valence-electron chi connectivity index (χ3n) is 3.70. The lowest BCUT2D eigenvalue weighted by atomic mass is 9.93. The van der Waals surface area contributed by atoms with Crippen LogP contribution in [0.15, 0.2) is 10.4 Å². The molecule has 1 fully saturated rings. The minimum Gasteiger partial charge on any atom is -0.357 e. The molecule has 134 valence electrons. The molecule has 0 spiro atoms. The zero-order valence-corrected chi connectivity index (χ0v) is 15.9. The Kier molecular flexibility index (Phi) is 6.60. The molecule has 6 nitrogen and oxygen atoms in total. The van der Waals surface area contributed by atoms with E-state index in [4.69, 9.17) is 0 Å². The highest BCUT2D eigenvalue weighted by Crippen LogP contribution is 2.28. The molecule has 1 aliphatic carbocycles. The predicted octanol–water partition coefficient (Wildman–Crippen LogP) is 2.02. The summed E-state index contributed by atoms with van der Waals surface area (Å²) in [4.78, 5) is 20.8. The van der Waals surface area contributed by atoms with Crippen molar-refractivity contribution in [2.75, 3.05) is 19.6 Å². The molecule has 7 heteroatoms. The molecule has 3 N–H and O–H groups in total. The number of rotatable bonds is 7. The maximum absolute atomic E-state index is 11.6. The largest absolute Gasteiger partial charge is 0.357 e. The number of amides is 1. The number of hydrogen-bond donors (Lipinski definition) is 3. The average molecular weight is 352 g/mol. The lowest BCUT2D eigenvalue weighted by Crippen LogP contribution is -2.41. The second kappa shape index (κ2) is 8.46. The Morgan fingerprint density at radius 1 is 1.29 bits per heavy atom. The van der Waals surface area contributed by atoms with Gasteiger partial charge >= 0.3 is 0 Å². The van der Waals surface area contributed by atoms with E-state index in [0.717, 1.165) is 36.0 Å². The minimum absolute atomic E-state index is 0.0704. The van der Waals surface area contributed by atoms with Crippen molar-refractivity contribution in [1.82, 2.24) is 20.9 Å². The molecular weight excluding hydrogens is 322 g/mol. The fourth-order valence-corrected chi connectivity index (χ4v) is 3.02. The first kappa shape index (κ1) is 18.7. The second-order valence-corrected chi connectivity index (χ2v) is 8.01. The average Bonchev–Trinajstić information content (AvgIpc) is 3.25. The summed E-state index contributed by atoms with van der Waals surface area (Å²) < 4.78 is 0. The predicted molar refractivity (Wildman–Crippen MR) is 99.4 cm³/mol. The first-order chi connectivity index (χ1) is 11.4. The van der Waals surface area contributed by atoms with E-state index in [1.165, 1.54) is 0 Å². The molecular formula is C17H29N5OS. The van der Waals surface area contributed by atoms with Gasteiger partial charge in [0.15, 0.2) is 5.96 Å². The summed E-state index contributed by atoms with van der Waals surface area (Å²) in [7, 11) is 0. The van der Waals surface area contributed by atoms with Gasteiger partial charge in [0, 0.05) is 36.3 Å². The van der Waals surface area contributed by atoms with E-state index in [0.29, 0.717) is 19.6 Å². The van der Waals surface area contributed by atoms with Gasteiger partial charge in [0.05, 0.1) is 12.2 Å². The van der Waals surface area contributed by atoms with Crippen LogP contribution in [0.4, 0.5) is 0 Å². The van der Waals surface area contributed by atoms with Crippen molar-refractivity contribution in [2.24, 2.45) is 10.9 Å². The Morgan fingerprint density at radius 3 is 2.58 bits per heavy atom. The van der Waals surface area contributed by atoms with Crippen LogP contribution in [0.3, 0.4) is 0 Å². The van der Waals surface area contributed by atoms with Gasteiger partial charge in [-0.05, 0) is 19.8 Å². The summed E-state index contributed by atoms with van der Waals surface area (Å²) >= 11 is 1.65. The van der Waals surface area contributed by atoms with Crippen molar-refractivity contribution >= 4 is 23.2 Å². The molecule has 1 amide bonds. The van der Waals surface area contributed by atoms with Gasteiger partial charge in [0.25, 0.3) is 0 Å². The van der Waals surface area contributed by atoms with Gasteiger partial charge in [0.1, 0.15) is 5.01 Å². The Hall–Kier alpha value is -1.63. The molecule has 1 aromatic rings. The molecule has 0 radical (unpaired) electrons.